The average molecular weight is 275 g/mol. The highest BCUT2D eigenvalue weighted by Crippen LogP contribution is 2.20. The zero-order chi connectivity index (χ0) is 12.5. The van der Waals surface area contributed by atoms with Gasteiger partial charge in [-0.05, 0) is 31.4 Å². The Labute approximate surface area is 106 Å². The predicted octanol–water partition coefficient (Wildman–Crippen LogP) is 2.03. The first-order valence-corrected chi connectivity index (χ1v) is 7.75. The van der Waals surface area contributed by atoms with E-state index in [1.807, 2.05) is 13.0 Å². The summed E-state index contributed by atoms with van der Waals surface area (Å²) in [5.41, 5.74) is 1.82. The second-order valence-electron chi connectivity index (χ2n) is 4.40. The molecule has 1 N–H and O–H groups in total. The molecule has 0 saturated carbocycles. The van der Waals surface area contributed by atoms with Crippen molar-refractivity contribution < 1.29 is 8.42 Å². The summed E-state index contributed by atoms with van der Waals surface area (Å²) in [5.74, 6) is 0.537. The molecule has 17 heavy (non-hydrogen) atoms. The standard InChI is InChI=1S/C11H15ClN2O2S/c1-8-6-10(7-13-11(8)12)14-9-2-4-17(15,16)5-3-9/h6-7,9,14H,2-5H2,1H3. The highest BCUT2D eigenvalue weighted by Gasteiger charge is 2.23. The van der Waals surface area contributed by atoms with E-state index in [9.17, 15) is 8.42 Å². The van der Waals surface area contributed by atoms with Crippen LogP contribution in [-0.2, 0) is 9.84 Å². The van der Waals surface area contributed by atoms with Crippen LogP contribution in [0.1, 0.15) is 18.4 Å². The van der Waals surface area contributed by atoms with Crippen molar-refractivity contribution >= 4 is 27.1 Å². The van der Waals surface area contributed by atoms with Gasteiger partial charge >= 0.3 is 0 Å². The lowest BCUT2D eigenvalue weighted by molar-refractivity contribution is 0.559. The minimum Gasteiger partial charge on any atom is -0.381 e. The van der Waals surface area contributed by atoms with Gasteiger partial charge in [-0.25, -0.2) is 13.4 Å². The number of pyridine rings is 1. The van der Waals surface area contributed by atoms with E-state index in [-0.39, 0.29) is 17.5 Å². The molecular weight excluding hydrogens is 260 g/mol. The molecule has 0 unspecified atom stereocenters. The van der Waals surface area contributed by atoms with Crippen LogP contribution in [0.15, 0.2) is 12.3 Å². The molecule has 94 valence electrons. The van der Waals surface area contributed by atoms with Crippen molar-refractivity contribution in [1.29, 1.82) is 0 Å². The Hall–Kier alpha value is -0.810. The monoisotopic (exact) mass is 274 g/mol. The van der Waals surface area contributed by atoms with Crippen molar-refractivity contribution in [3.8, 4) is 0 Å². The topological polar surface area (TPSA) is 59.1 Å². The average Bonchev–Trinajstić information content (AvgIpc) is 2.27. The van der Waals surface area contributed by atoms with Crippen LogP contribution in [-0.4, -0.2) is 30.9 Å². The molecule has 1 fully saturated rings. The number of hydrogen-bond donors (Lipinski definition) is 1. The maximum absolute atomic E-state index is 11.3. The van der Waals surface area contributed by atoms with Gasteiger partial charge in [0.05, 0.1) is 23.4 Å². The maximum atomic E-state index is 11.3. The van der Waals surface area contributed by atoms with Gasteiger partial charge in [0.25, 0.3) is 0 Å². The fourth-order valence-corrected chi connectivity index (χ4v) is 3.50. The first kappa shape index (κ1) is 12.6. The van der Waals surface area contributed by atoms with Crippen LogP contribution in [0.3, 0.4) is 0 Å². The number of nitrogens with zero attached hydrogens (tertiary/aromatic N) is 1. The summed E-state index contributed by atoms with van der Waals surface area (Å²) in [6, 6.07) is 2.14. The number of rotatable bonds is 2. The molecule has 1 saturated heterocycles. The van der Waals surface area contributed by atoms with Gasteiger partial charge in [0.2, 0.25) is 0 Å². The van der Waals surface area contributed by atoms with E-state index in [1.165, 1.54) is 0 Å². The molecule has 1 aliphatic rings. The van der Waals surface area contributed by atoms with E-state index >= 15 is 0 Å². The third kappa shape index (κ3) is 3.33. The van der Waals surface area contributed by atoms with Gasteiger partial charge < -0.3 is 5.32 Å². The van der Waals surface area contributed by atoms with Crippen LogP contribution < -0.4 is 5.32 Å². The molecule has 1 aromatic heterocycles. The molecule has 0 radical (unpaired) electrons. The van der Waals surface area contributed by atoms with Gasteiger partial charge in [0.1, 0.15) is 15.0 Å². The Bertz CT molecular complexity index is 502. The zero-order valence-corrected chi connectivity index (χ0v) is 11.2. The predicted molar refractivity (Wildman–Crippen MR) is 69.3 cm³/mol. The maximum Gasteiger partial charge on any atom is 0.150 e. The van der Waals surface area contributed by atoms with Crippen molar-refractivity contribution in [2.75, 3.05) is 16.8 Å². The van der Waals surface area contributed by atoms with Crippen molar-refractivity contribution in [1.82, 2.24) is 4.98 Å². The number of anilines is 1. The summed E-state index contributed by atoms with van der Waals surface area (Å²) in [4.78, 5) is 4.06. The van der Waals surface area contributed by atoms with E-state index < -0.39 is 9.84 Å². The number of sulfone groups is 1. The SMILES string of the molecule is Cc1cc(NC2CCS(=O)(=O)CC2)cnc1Cl. The molecule has 2 heterocycles. The molecule has 0 bridgehead atoms. The molecule has 2 rings (SSSR count). The van der Waals surface area contributed by atoms with E-state index in [0.29, 0.717) is 18.0 Å². The summed E-state index contributed by atoms with van der Waals surface area (Å²) >= 11 is 5.84. The number of hydrogen-bond acceptors (Lipinski definition) is 4. The van der Waals surface area contributed by atoms with Crippen LogP contribution in [0, 0.1) is 6.92 Å². The molecule has 0 amide bonds. The van der Waals surface area contributed by atoms with Gasteiger partial charge in [0, 0.05) is 6.04 Å². The molecule has 0 spiro atoms. The zero-order valence-electron chi connectivity index (χ0n) is 9.61. The summed E-state index contributed by atoms with van der Waals surface area (Å²) in [6.07, 6.45) is 2.99. The van der Waals surface area contributed by atoms with Crippen LogP contribution in [0.2, 0.25) is 5.15 Å². The summed E-state index contributed by atoms with van der Waals surface area (Å²) in [7, 11) is -2.80. The van der Waals surface area contributed by atoms with Crippen molar-refractivity contribution in [3.63, 3.8) is 0 Å². The van der Waals surface area contributed by atoms with E-state index in [1.54, 1.807) is 6.20 Å². The minimum atomic E-state index is -2.80. The molecule has 1 aromatic rings. The lowest BCUT2D eigenvalue weighted by Crippen LogP contribution is -2.32. The smallest absolute Gasteiger partial charge is 0.150 e. The van der Waals surface area contributed by atoms with Gasteiger partial charge in [0.15, 0.2) is 0 Å². The summed E-state index contributed by atoms with van der Waals surface area (Å²) < 4.78 is 22.6. The third-order valence-corrected chi connectivity index (χ3v) is 5.05. The van der Waals surface area contributed by atoms with Gasteiger partial charge in [-0.2, -0.15) is 0 Å². The van der Waals surface area contributed by atoms with Gasteiger partial charge in [-0.3, -0.25) is 0 Å². The highest BCUT2D eigenvalue weighted by molar-refractivity contribution is 7.91. The van der Waals surface area contributed by atoms with E-state index in [0.717, 1.165) is 11.3 Å². The molecule has 0 atom stereocenters. The van der Waals surface area contributed by atoms with E-state index in [4.69, 9.17) is 11.6 Å². The Morgan fingerprint density at radius 3 is 2.65 bits per heavy atom. The van der Waals surface area contributed by atoms with Gasteiger partial charge in [-0.15, -0.1) is 0 Å². The number of aryl methyl sites for hydroxylation is 1. The Morgan fingerprint density at radius 2 is 2.06 bits per heavy atom. The van der Waals surface area contributed by atoms with Crippen molar-refractivity contribution in [2.24, 2.45) is 0 Å². The normalized spacial score (nSPS) is 20.1. The first-order chi connectivity index (χ1) is 7.96. The van der Waals surface area contributed by atoms with Crippen molar-refractivity contribution in [2.45, 2.75) is 25.8 Å². The number of aromatic nitrogens is 1. The summed E-state index contributed by atoms with van der Waals surface area (Å²) in [6.45, 7) is 1.89. The lowest BCUT2D eigenvalue weighted by atomic mass is 10.1. The van der Waals surface area contributed by atoms with Crippen LogP contribution in [0.25, 0.3) is 0 Å². The van der Waals surface area contributed by atoms with Gasteiger partial charge in [-0.1, -0.05) is 11.6 Å². The third-order valence-electron chi connectivity index (χ3n) is 2.94. The minimum absolute atomic E-state index is 0.209. The highest BCUT2D eigenvalue weighted by atomic mass is 35.5. The number of nitrogens with one attached hydrogen (secondary N) is 1. The quantitative estimate of drug-likeness (QED) is 0.839. The molecule has 4 nitrogen and oxygen atoms in total. The Balaban J connectivity index is 2.00. The fraction of sp³-hybridized carbons (Fsp3) is 0.545. The van der Waals surface area contributed by atoms with Crippen LogP contribution in [0.5, 0.6) is 0 Å². The fourth-order valence-electron chi connectivity index (χ4n) is 1.91. The lowest BCUT2D eigenvalue weighted by Gasteiger charge is -2.24. The molecule has 0 aromatic carbocycles. The van der Waals surface area contributed by atoms with Crippen LogP contribution >= 0.6 is 11.6 Å². The van der Waals surface area contributed by atoms with E-state index in [2.05, 4.69) is 10.3 Å². The molecule has 1 aliphatic heterocycles. The largest absolute Gasteiger partial charge is 0.381 e. The van der Waals surface area contributed by atoms with Crippen LogP contribution in [0.4, 0.5) is 5.69 Å². The second-order valence-corrected chi connectivity index (χ2v) is 7.06. The molecule has 0 aliphatic carbocycles. The molecule has 6 heteroatoms. The first-order valence-electron chi connectivity index (χ1n) is 5.55. The number of halogens is 1. The Kier molecular flexibility index (Phi) is 3.58. The summed E-state index contributed by atoms with van der Waals surface area (Å²) in [5, 5.41) is 3.80. The molecular formula is C11H15ClN2O2S. The van der Waals surface area contributed by atoms with Crippen molar-refractivity contribution in [3.05, 3.63) is 23.0 Å². The second kappa shape index (κ2) is 4.82. The Morgan fingerprint density at radius 1 is 1.41 bits per heavy atom.